The summed E-state index contributed by atoms with van der Waals surface area (Å²) >= 11 is 1.44. The van der Waals surface area contributed by atoms with Gasteiger partial charge in [-0.25, -0.2) is 0 Å². The van der Waals surface area contributed by atoms with Crippen molar-refractivity contribution in [2.75, 3.05) is 11.9 Å². The van der Waals surface area contributed by atoms with E-state index >= 15 is 0 Å². The minimum Gasteiger partial charge on any atom is -0.494 e. The summed E-state index contributed by atoms with van der Waals surface area (Å²) in [5, 5.41) is 12.5. The summed E-state index contributed by atoms with van der Waals surface area (Å²) in [4.78, 5) is 12.0. The van der Waals surface area contributed by atoms with Gasteiger partial charge in [-0.05, 0) is 43.5 Å². The summed E-state index contributed by atoms with van der Waals surface area (Å²) in [7, 11) is 0. The number of ether oxygens (including phenoxy) is 1. The van der Waals surface area contributed by atoms with Gasteiger partial charge in [0, 0.05) is 12.0 Å². The fourth-order valence-electron chi connectivity index (χ4n) is 2.25. The third-order valence-electron chi connectivity index (χ3n) is 3.62. The molecule has 0 spiro atoms. The molecular weight excluding hydrogens is 322 g/mol. The van der Waals surface area contributed by atoms with Gasteiger partial charge in [-0.3, -0.25) is 10.1 Å². The lowest BCUT2D eigenvalue weighted by Crippen LogP contribution is -2.07. The number of nitrogens with one attached hydrogen (secondary N) is 1. The molecule has 1 aromatic carbocycles. The molecule has 2 aromatic rings. The molecule has 0 atom stereocenters. The van der Waals surface area contributed by atoms with E-state index in [1.807, 2.05) is 31.2 Å². The minimum absolute atomic E-state index is 0.212. The molecule has 0 saturated carbocycles. The van der Waals surface area contributed by atoms with Crippen LogP contribution in [0, 0.1) is 0 Å². The van der Waals surface area contributed by atoms with Crippen molar-refractivity contribution in [3.05, 3.63) is 40.9 Å². The van der Waals surface area contributed by atoms with Crippen LogP contribution in [0.25, 0.3) is 6.08 Å². The SMILES string of the molecule is CCOc1ccc(/C=C/C(=O)Nc2nnc(C(CC)CC)s2)cc1. The highest BCUT2D eigenvalue weighted by Gasteiger charge is 2.13. The van der Waals surface area contributed by atoms with E-state index in [-0.39, 0.29) is 5.91 Å². The summed E-state index contributed by atoms with van der Waals surface area (Å²) in [6, 6.07) is 7.58. The molecule has 1 amide bonds. The van der Waals surface area contributed by atoms with Crippen molar-refractivity contribution >= 4 is 28.5 Å². The second-order valence-corrected chi connectivity index (χ2v) is 6.29. The minimum atomic E-state index is -0.212. The van der Waals surface area contributed by atoms with Crippen LogP contribution in [0.5, 0.6) is 5.75 Å². The van der Waals surface area contributed by atoms with Crippen LogP contribution in [0.1, 0.15) is 50.1 Å². The van der Waals surface area contributed by atoms with Gasteiger partial charge in [-0.1, -0.05) is 37.3 Å². The highest BCUT2D eigenvalue weighted by Crippen LogP contribution is 2.28. The maximum absolute atomic E-state index is 12.0. The van der Waals surface area contributed by atoms with Crippen molar-refractivity contribution in [2.24, 2.45) is 0 Å². The van der Waals surface area contributed by atoms with Gasteiger partial charge >= 0.3 is 0 Å². The molecule has 1 heterocycles. The second-order valence-electron chi connectivity index (χ2n) is 5.28. The molecule has 0 saturated heterocycles. The molecule has 0 unspecified atom stereocenters. The van der Waals surface area contributed by atoms with Crippen LogP contribution >= 0.6 is 11.3 Å². The van der Waals surface area contributed by atoms with Crippen LogP contribution in [0.4, 0.5) is 5.13 Å². The number of anilines is 1. The second kappa shape index (κ2) is 9.17. The van der Waals surface area contributed by atoms with E-state index in [2.05, 4.69) is 29.4 Å². The monoisotopic (exact) mass is 345 g/mol. The number of aromatic nitrogens is 2. The molecule has 0 bridgehead atoms. The molecule has 0 fully saturated rings. The predicted octanol–water partition coefficient (Wildman–Crippen LogP) is 4.49. The third-order valence-corrected chi connectivity index (χ3v) is 4.63. The Kier molecular flexibility index (Phi) is 6.93. The first-order valence-electron chi connectivity index (χ1n) is 8.21. The van der Waals surface area contributed by atoms with Gasteiger partial charge in [0.05, 0.1) is 6.61 Å². The molecule has 0 aliphatic carbocycles. The zero-order chi connectivity index (χ0) is 17.4. The quantitative estimate of drug-likeness (QED) is 0.716. The summed E-state index contributed by atoms with van der Waals surface area (Å²) in [5.41, 5.74) is 0.934. The Morgan fingerprint density at radius 1 is 1.21 bits per heavy atom. The van der Waals surface area contributed by atoms with E-state index in [9.17, 15) is 4.79 Å². The van der Waals surface area contributed by atoms with Crippen molar-refractivity contribution < 1.29 is 9.53 Å². The Morgan fingerprint density at radius 2 is 1.92 bits per heavy atom. The number of hydrogen-bond donors (Lipinski definition) is 1. The Balaban J connectivity index is 1.92. The number of carbonyl (C=O) groups is 1. The summed E-state index contributed by atoms with van der Waals surface area (Å²) in [5.74, 6) is 1.02. The van der Waals surface area contributed by atoms with Crippen molar-refractivity contribution in [3.8, 4) is 5.75 Å². The zero-order valence-corrected chi connectivity index (χ0v) is 15.1. The van der Waals surface area contributed by atoms with Crippen LogP contribution in [0.2, 0.25) is 0 Å². The van der Waals surface area contributed by atoms with Gasteiger partial charge in [0.2, 0.25) is 11.0 Å². The van der Waals surface area contributed by atoms with Gasteiger partial charge in [-0.15, -0.1) is 10.2 Å². The van der Waals surface area contributed by atoms with Crippen LogP contribution in [-0.2, 0) is 4.79 Å². The first-order chi connectivity index (χ1) is 11.7. The van der Waals surface area contributed by atoms with E-state index in [4.69, 9.17) is 4.74 Å². The maximum Gasteiger partial charge on any atom is 0.250 e. The van der Waals surface area contributed by atoms with Crippen LogP contribution in [0.3, 0.4) is 0 Å². The molecule has 0 aliphatic heterocycles. The normalized spacial score (nSPS) is 11.2. The lowest BCUT2D eigenvalue weighted by atomic mass is 10.1. The van der Waals surface area contributed by atoms with E-state index in [0.717, 1.165) is 29.2 Å². The first kappa shape index (κ1) is 18.1. The Labute approximate surface area is 146 Å². The summed E-state index contributed by atoms with van der Waals surface area (Å²) in [6.45, 7) is 6.85. The van der Waals surface area contributed by atoms with Crippen LogP contribution in [0.15, 0.2) is 30.3 Å². The molecule has 1 aromatic heterocycles. The molecule has 0 radical (unpaired) electrons. The smallest absolute Gasteiger partial charge is 0.250 e. The average molecular weight is 345 g/mol. The number of rotatable bonds is 8. The maximum atomic E-state index is 12.0. The standard InChI is InChI=1S/C18H23N3O2S/c1-4-14(5-2)17-20-21-18(24-17)19-16(22)12-9-13-7-10-15(11-8-13)23-6-3/h7-12,14H,4-6H2,1-3H3,(H,19,21,22)/b12-9+. The fraction of sp³-hybridized carbons (Fsp3) is 0.389. The van der Waals surface area contributed by atoms with E-state index < -0.39 is 0 Å². The molecule has 24 heavy (non-hydrogen) atoms. The highest BCUT2D eigenvalue weighted by atomic mass is 32.1. The zero-order valence-electron chi connectivity index (χ0n) is 14.3. The van der Waals surface area contributed by atoms with E-state index in [1.54, 1.807) is 6.08 Å². The summed E-state index contributed by atoms with van der Waals surface area (Å²) in [6.07, 6.45) is 5.30. The molecule has 2 rings (SSSR count). The van der Waals surface area contributed by atoms with Crippen molar-refractivity contribution in [1.29, 1.82) is 0 Å². The Morgan fingerprint density at radius 3 is 2.54 bits per heavy atom. The highest BCUT2D eigenvalue weighted by molar-refractivity contribution is 7.15. The predicted molar refractivity (Wildman–Crippen MR) is 98.5 cm³/mol. The van der Waals surface area contributed by atoms with Crippen LogP contribution in [-0.4, -0.2) is 22.7 Å². The largest absolute Gasteiger partial charge is 0.494 e. The lowest BCUT2D eigenvalue weighted by molar-refractivity contribution is -0.111. The van der Waals surface area contributed by atoms with Crippen molar-refractivity contribution in [1.82, 2.24) is 10.2 Å². The van der Waals surface area contributed by atoms with E-state index in [0.29, 0.717) is 17.7 Å². The van der Waals surface area contributed by atoms with E-state index in [1.165, 1.54) is 17.4 Å². The van der Waals surface area contributed by atoms with Gasteiger partial charge < -0.3 is 4.74 Å². The average Bonchev–Trinajstić information content (AvgIpc) is 3.04. The number of carbonyl (C=O) groups excluding carboxylic acids is 1. The fourth-order valence-corrected chi connectivity index (χ4v) is 3.26. The molecular formula is C18H23N3O2S. The molecule has 5 nitrogen and oxygen atoms in total. The van der Waals surface area contributed by atoms with Gasteiger partial charge in [0.1, 0.15) is 10.8 Å². The van der Waals surface area contributed by atoms with Crippen LogP contribution < -0.4 is 10.1 Å². The van der Waals surface area contributed by atoms with Gasteiger partial charge in [-0.2, -0.15) is 0 Å². The number of nitrogens with zero attached hydrogens (tertiary/aromatic N) is 2. The summed E-state index contributed by atoms with van der Waals surface area (Å²) < 4.78 is 5.39. The Bertz CT molecular complexity index is 676. The third kappa shape index (κ3) is 5.16. The number of amides is 1. The number of benzene rings is 1. The Hall–Kier alpha value is -2.21. The molecule has 1 N–H and O–H groups in total. The molecule has 6 heteroatoms. The molecule has 128 valence electrons. The van der Waals surface area contributed by atoms with Gasteiger partial charge in [0.25, 0.3) is 0 Å². The van der Waals surface area contributed by atoms with Crippen molar-refractivity contribution in [3.63, 3.8) is 0 Å². The first-order valence-corrected chi connectivity index (χ1v) is 9.03. The lowest BCUT2D eigenvalue weighted by Gasteiger charge is -2.05. The van der Waals surface area contributed by atoms with Crippen molar-refractivity contribution in [2.45, 2.75) is 39.5 Å². The topological polar surface area (TPSA) is 64.1 Å². The number of hydrogen-bond acceptors (Lipinski definition) is 5. The molecule has 0 aliphatic rings. The van der Waals surface area contributed by atoms with Gasteiger partial charge in [0.15, 0.2) is 0 Å².